The zero-order valence-corrected chi connectivity index (χ0v) is 11.7. The van der Waals surface area contributed by atoms with Crippen molar-refractivity contribution in [3.05, 3.63) is 65.7 Å². The molecule has 1 aromatic heterocycles. The highest BCUT2D eigenvalue weighted by atomic mass is 19.1. The highest BCUT2D eigenvalue weighted by Gasteiger charge is 2.09. The number of rotatable bonds is 3. The largest absolute Gasteiger partial charge is 0.322 e. The van der Waals surface area contributed by atoms with Gasteiger partial charge in [-0.3, -0.25) is 4.79 Å². The van der Waals surface area contributed by atoms with Crippen LogP contribution in [0, 0.1) is 12.7 Å². The van der Waals surface area contributed by atoms with Crippen LogP contribution in [0.2, 0.25) is 0 Å². The van der Waals surface area contributed by atoms with Gasteiger partial charge in [0.25, 0.3) is 5.91 Å². The fourth-order valence-electron chi connectivity index (χ4n) is 1.97. The van der Waals surface area contributed by atoms with Crippen LogP contribution in [-0.2, 0) is 0 Å². The molecule has 22 heavy (non-hydrogen) atoms. The number of nitrogens with zero attached hydrogens (tertiary/aromatic N) is 4. The smallest absolute Gasteiger partial charge is 0.255 e. The van der Waals surface area contributed by atoms with Gasteiger partial charge < -0.3 is 5.32 Å². The Hall–Kier alpha value is -3.09. The molecule has 3 rings (SSSR count). The number of anilines is 1. The van der Waals surface area contributed by atoms with Crippen LogP contribution in [0.3, 0.4) is 0 Å². The number of hydrogen-bond donors (Lipinski definition) is 1. The molecule has 0 unspecified atom stereocenters. The lowest BCUT2D eigenvalue weighted by Gasteiger charge is -2.09. The first-order chi connectivity index (χ1) is 10.6. The van der Waals surface area contributed by atoms with Crippen molar-refractivity contribution >= 4 is 11.6 Å². The summed E-state index contributed by atoms with van der Waals surface area (Å²) in [5, 5.41) is 13.6. The van der Waals surface area contributed by atoms with E-state index in [0.717, 1.165) is 11.3 Å². The minimum absolute atomic E-state index is 0.308. The van der Waals surface area contributed by atoms with Gasteiger partial charge in [0.15, 0.2) is 0 Å². The van der Waals surface area contributed by atoms with Gasteiger partial charge >= 0.3 is 0 Å². The van der Waals surface area contributed by atoms with E-state index in [0.29, 0.717) is 11.3 Å². The number of halogens is 1. The van der Waals surface area contributed by atoms with E-state index in [-0.39, 0.29) is 5.91 Å². The van der Waals surface area contributed by atoms with Gasteiger partial charge in [0.05, 0.1) is 5.69 Å². The Bertz CT molecular complexity index is 799. The topological polar surface area (TPSA) is 72.7 Å². The Morgan fingerprint density at radius 3 is 2.64 bits per heavy atom. The molecule has 2 aromatic carbocycles. The average Bonchev–Trinajstić information content (AvgIpc) is 3.05. The van der Waals surface area contributed by atoms with Crippen LogP contribution in [0.4, 0.5) is 10.1 Å². The molecule has 0 atom stereocenters. The number of carbonyl (C=O) groups is 1. The van der Waals surface area contributed by atoms with Crippen LogP contribution in [0.1, 0.15) is 15.9 Å². The van der Waals surface area contributed by atoms with Gasteiger partial charge in [0.2, 0.25) is 0 Å². The van der Waals surface area contributed by atoms with Gasteiger partial charge in [-0.05, 0) is 59.3 Å². The highest BCUT2D eigenvalue weighted by Crippen LogP contribution is 2.17. The van der Waals surface area contributed by atoms with Crippen LogP contribution < -0.4 is 5.32 Å². The highest BCUT2D eigenvalue weighted by molar-refractivity contribution is 6.04. The third-order valence-electron chi connectivity index (χ3n) is 3.19. The number of aromatic nitrogens is 4. The Labute approximate surface area is 125 Å². The van der Waals surface area contributed by atoms with E-state index in [2.05, 4.69) is 20.8 Å². The molecule has 0 radical (unpaired) electrons. The lowest BCUT2D eigenvalue weighted by atomic mass is 10.1. The molecule has 0 fully saturated rings. The van der Waals surface area contributed by atoms with Gasteiger partial charge in [-0.15, -0.1) is 5.10 Å². The number of carbonyl (C=O) groups excluding carboxylic acids is 1. The van der Waals surface area contributed by atoms with E-state index in [1.807, 2.05) is 0 Å². The second kappa shape index (κ2) is 5.72. The Kier molecular flexibility index (Phi) is 3.61. The number of amides is 1. The fourth-order valence-corrected chi connectivity index (χ4v) is 1.97. The van der Waals surface area contributed by atoms with E-state index >= 15 is 0 Å². The maximum atomic E-state index is 13.2. The van der Waals surface area contributed by atoms with E-state index in [1.54, 1.807) is 37.3 Å². The van der Waals surface area contributed by atoms with Crippen LogP contribution in [0.15, 0.2) is 48.8 Å². The summed E-state index contributed by atoms with van der Waals surface area (Å²) in [4.78, 5) is 12.2. The third-order valence-corrected chi connectivity index (χ3v) is 3.19. The standard InChI is InChI=1S/C15H12FN5O/c1-10-2-5-12(16)8-14(10)18-15(22)11-3-6-13(7-4-11)21-9-17-19-20-21/h2-9H,1H3,(H,18,22). The molecule has 6 nitrogen and oxygen atoms in total. The quantitative estimate of drug-likeness (QED) is 0.805. The van der Waals surface area contributed by atoms with Crippen molar-refractivity contribution in [2.45, 2.75) is 6.92 Å². The van der Waals surface area contributed by atoms with Gasteiger partial charge in [-0.2, -0.15) is 0 Å². The molecule has 0 aliphatic carbocycles. The Balaban J connectivity index is 1.79. The van der Waals surface area contributed by atoms with Crippen molar-refractivity contribution in [2.75, 3.05) is 5.32 Å². The van der Waals surface area contributed by atoms with E-state index in [9.17, 15) is 9.18 Å². The fraction of sp³-hybridized carbons (Fsp3) is 0.0667. The second-order valence-electron chi connectivity index (χ2n) is 4.71. The van der Waals surface area contributed by atoms with Crippen molar-refractivity contribution < 1.29 is 9.18 Å². The second-order valence-corrected chi connectivity index (χ2v) is 4.71. The predicted molar refractivity (Wildman–Crippen MR) is 78.2 cm³/mol. The molecule has 0 bridgehead atoms. The lowest BCUT2D eigenvalue weighted by Crippen LogP contribution is -2.13. The summed E-state index contributed by atoms with van der Waals surface area (Å²) in [6.07, 6.45) is 1.46. The molecule has 1 N–H and O–H groups in total. The zero-order valence-electron chi connectivity index (χ0n) is 11.7. The summed E-state index contributed by atoms with van der Waals surface area (Å²) in [5.41, 5.74) is 2.44. The molecule has 0 saturated heterocycles. The van der Waals surface area contributed by atoms with Crippen LogP contribution in [0.25, 0.3) is 5.69 Å². The van der Waals surface area contributed by atoms with Crippen molar-refractivity contribution in [3.8, 4) is 5.69 Å². The van der Waals surface area contributed by atoms with Crippen molar-refractivity contribution in [1.29, 1.82) is 0 Å². The van der Waals surface area contributed by atoms with Crippen molar-refractivity contribution in [2.24, 2.45) is 0 Å². The van der Waals surface area contributed by atoms with E-state index in [4.69, 9.17) is 0 Å². The van der Waals surface area contributed by atoms with Crippen LogP contribution in [-0.4, -0.2) is 26.1 Å². The number of tetrazole rings is 1. The maximum absolute atomic E-state index is 13.2. The summed E-state index contributed by atoms with van der Waals surface area (Å²) in [5.74, 6) is -0.702. The van der Waals surface area contributed by atoms with E-state index < -0.39 is 5.82 Å². The SMILES string of the molecule is Cc1ccc(F)cc1NC(=O)c1ccc(-n2cnnn2)cc1. The molecule has 7 heteroatoms. The Morgan fingerprint density at radius 1 is 1.18 bits per heavy atom. The summed E-state index contributed by atoms with van der Waals surface area (Å²) < 4.78 is 14.7. The van der Waals surface area contributed by atoms with Gasteiger partial charge in [0, 0.05) is 11.3 Å². The zero-order chi connectivity index (χ0) is 15.5. The maximum Gasteiger partial charge on any atom is 0.255 e. The van der Waals surface area contributed by atoms with Gasteiger partial charge in [-0.1, -0.05) is 6.07 Å². The molecule has 0 saturated carbocycles. The van der Waals surface area contributed by atoms with Gasteiger partial charge in [0.1, 0.15) is 12.1 Å². The van der Waals surface area contributed by atoms with Gasteiger partial charge in [-0.25, -0.2) is 9.07 Å². The summed E-state index contributed by atoms with van der Waals surface area (Å²) in [7, 11) is 0. The third kappa shape index (κ3) is 2.83. The van der Waals surface area contributed by atoms with E-state index in [1.165, 1.54) is 23.1 Å². The van der Waals surface area contributed by atoms with Crippen molar-refractivity contribution in [1.82, 2.24) is 20.2 Å². The molecule has 0 spiro atoms. The monoisotopic (exact) mass is 297 g/mol. The minimum Gasteiger partial charge on any atom is -0.322 e. The number of hydrogen-bond acceptors (Lipinski definition) is 4. The molecule has 3 aromatic rings. The first-order valence-corrected chi connectivity index (χ1v) is 6.54. The number of benzene rings is 2. The molecule has 0 aliphatic heterocycles. The predicted octanol–water partition coefficient (Wildman–Crippen LogP) is 2.36. The Morgan fingerprint density at radius 2 is 1.95 bits per heavy atom. The average molecular weight is 297 g/mol. The first kappa shape index (κ1) is 13.9. The first-order valence-electron chi connectivity index (χ1n) is 6.54. The lowest BCUT2D eigenvalue weighted by molar-refractivity contribution is 0.102. The molecular formula is C15H12FN5O. The number of nitrogens with one attached hydrogen (secondary N) is 1. The summed E-state index contributed by atoms with van der Waals surface area (Å²) >= 11 is 0. The molecule has 1 amide bonds. The molecular weight excluding hydrogens is 285 g/mol. The molecule has 0 aliphatic rings. The molecule has 110 valence electrons. The molecule has 1 heterocycles. The summed E-state index contributed by atoms with van der Waals surface area (Å²) in [6, 6.07) is 11.0. The summed E-state index contributed by atoms with van der Waals surface area (Å²) in [6.45, 7) is 1.80. The van der Waals surface area contributed by atoms with Crippen molar-refractivity contribution in [3.63, 3.8) is 0 Å². The van der Waals surface area contributed by atoms with Crippen LogP contribution >= 0.6 is 0 Å². The number of aryl methyl sites for hydroxylation is 1. The normalized spacial score (nSPS) is 10.5. The minimum atomic E-state index is -0.394. The van der Waals surface area contributed by atoms with Crippen LogP contribution in [0.5, 0.6) is 0 Å².